The van der Waals surface area contributed by atoms with Gasteiger partial charge in [0.05, 0.1) is 16.8 Å². The van der Waals surface area contributed by atoms with Gasteiger partial charge in [-0.2, -0.15) is 0 Å². The van der Waals surface area contributed by atoms with Crippen molar-refractivity contribution in [3.63, 3.8) is 0 Å². The molecule has 3 heteroatoms. The highest BCUT2D eigenvalue weighted by Gasteiger charge is 2.09. The molecule has 0 saturated heterocycles. The molecule has 0 amide bonds. The van der Waals surface area contributed by atoms with Crippen molar-refractivity contribution in [2.75, 3.05) is 12.3 Å². The predicted molar refractivity (Wildman–Crippen MR) is 104 cm³/mol. The third-order valence-corrected chi connectivity index (χ3v) is 4.47. The fraction of sp³-hybridized carbons (Fsp3) is 0.143. The standard InChI is InChI=1S/C21H20BrNO/c22-19-14-18(17-11-5-2-6-12-17)15-20(23)21(19)24-13-7-10-16-8-3-1-4-9-16/h1-6,8-9,11-12,14-15H,7,10,13,23H2. The summed E-state index contributed by atoms with van der Waals surface area (Å²) in [7, 11) is 0. The highest BCUT2D eigenvalue weighted by molar-refractivity contribution is 9.10. The van der Waals surface area contributed by atoms with Crippen LogP contribution in [0.2, 0.25) is 0 Å². The molecule has 0 saturated carbocycles. The number of ether oxygens (including phenoxy) is 1. The van der Waals surface area contributed by atoms with Crippen LogP contribution >= 0.6 is 15.9 Å². The van der Waals surface area contributed by atoms with E-state index in [1.54, 1.807) is 0 Å². The van der Waals surface area contributed by atoms with E-state index < -0.39 is 0 Å². The quantitative estimate of drug-likeness (QED) is 0.438. The summed E-state index contributed by atoms with van der Waals surface area (Å²) in [6, 6.07) is 24.6. The molecule has 3 rings (SSSR count). The van der Waals surface area contributed by atoms with Gasteiger partial charge < -0.3 is 10.5 Å². The van der Waals surface area contributed by atoms with Crippen LogP contribution in [-0.2, 0) is 6.42 Å². The Bertz CT molecular complexity index is 764. The molecule has 0 aromatic heterocycles. The Balaban J connectivity index is 1.64. The first-order valence-electron chi connectivity index (χ1n) is 8.05. The molecule has 0 aliphatic carbocycles. The van der Waals surface area contributed by atoms with Gasteiger partial charge in [-0.25, -0.2) is 0 Å². The van der Waals surface area contributed by atoms with Crippen LogP contribution in [0.4, 0.5) is 5.69 Å². The second-order valence-electron chi connectivity index (χ2n) is 5.68. The van der Waals surface area contributed by atoms with Gasteiger partial charge in [-0.15, -0.1) is 0 Å². The van der Waals surface area contributed by atoms with Gasteiger partial charge in [0, 0.05) is 0 Å². The Labute approximate surface area is 151 Å². The van der Waals surface area contributed by atoms with E-state index in [0.717, 1.165) is 34.2 Å². The summed E-state index contributed by atoms with van der Waals surface area (Å²) in [6.45, 7) is 0.641. The van der Waals surface area contributed by atoms with Gasteiger partial charge in [0.25, 0.3) is 0 Å². The fourth-order valence-corrected chi connectivity index (χ4v) is 3.25. The van der Waals surface area contributed by atoms with Crippen molar-refractivity contribution in [1.29, 1.82) is 0 Å². The molecule has 0 aliphatic rings. The Kier molecular flexibility index (Phi) is 5.55. The van der Waals surface area contributed by atoms with Crippen LogP contribution in [0.25, 0.3) is 11.1 Å². The fourth-order valence-electron chi connectivity index (χ4n) is 2.66. The third-order valence-electron chi connectivity index (χ3n) is 3.88. The Morgan fingerprint density at radius 2 is 1.50 bits per heavy atom. The predicted octanol–water partition coefficient (Wildman–Crippen LogP) is 5.71. The van der Waals surface area contributed by atoms with Crippen molar-refractivity contribution < 1.29 is 4.74 Å². The maximum atomic E-state index is 6.20. The van der Waals surface area contributed by atoms with E-state index in [1.807, 2.05) is 30.3 Å². The molecule has 2 N–H and O–H groups in total. The van der Waals surface area contributed by atoms with Crippen molar-refractivity contribution >= 4 is 21.6 Å². The summed E-state index contributed by atoms with van der Waals surface area (Å²) >= 11 is 3.59. The van der Waals surface area contributed by atoms with Gasteiger partial charge in [0.1, 0.15) is 0 Å². The molecule has 0 spiro atoms. The lowest BCUT2D eigenvalue weighted by atomic mass is 10.0. The number of aryl methyl sites for hydroxylation is 1. The van der Waals surface area contributed by atoms with Crippen molar-refractivity contribution in [2.24, 2.45) is 0 Å². The van der Waals surface area contributed by atoms with Gasteiger partial charge >= 0.3 is 0 Å². The molecule has 3 aromatic carbocycles. The van der Waals surface area contributed by atoms with E-state index in [1.165, 1.54) is 5.56 Å². The highest BCUT2D eigenvalue weighted by Crippen LogP contribution is 2.36. The second-order valence-corrected chi connectivity index (χ2v) is 6.53. The summed E-state index contributed by atoms with van der Waals surface area (Å²) in [6.07, 6.45) is 1.96. The average Bonchev–Trinajstić information content (AvgIpc) is 2.62. The number of benzene rings is 3. The van der Waals surface area contributed by atoms with Gasteiger partial charge in [-0.05, 0) is 57.6 Å². The van der Waals surface area contributed by atoms with Crippen LogP contribution in [-0.4, -0.2) is 6.61 Å². The topological polar surface area (TPSA) is 35.2 Å². The lowest BCUT2D eigenvalue weighted by Gasteiger charge is -2.13. The maximum Gasteiger partial charge on any atom is 0.156 e. The zero-order valence-corrected chi connectivity index (χ0v) is 15.0. The Hall–Kier alpha value is -2.26. The van der Waals surface area contributed by atoms with Gasteiger partial charge in [-0.3, -0.25) is 0 Å². The molecule has 0 bridgehead atoms. The molecule has 0 atom stereocenters. The van der Waals surface area contributed by atoms with E-state index in [9.17, 15) is 0 Å². The van der Waals surface area contributed by atoms with Crippen molar-refractivity contribution in [2.45, 2.75) is 12.8 Å². The molecule has 0 fully saturated rings. The number of hydrogen-bond acceptors (Lipinski definition) is 2. The zero-order chi connectivity index (χ0) is 16.8. The maximum absolute atomic E-state index is 6.20. The van der Waals surface area contributed by atoms with Crippen LogP contribution in [0.15, 0.2) is 77.3 Å². The molecule has 0 aliphatic heterocycles. The first kappa shape index (κ1) is 16.6. The van der Waals surface area contributed by atoms with Crippen LogP contribution < -0.4 is 10.5 Å². The van der Waals surface area contributed by atoms with Crippen LogP contribution in [0.3, 0.4) is 0 Å². The summed E-state index contributed by atoms with van der Waals surface area (Å²) in [5, 5.41) is 0. The van der Waals surface area contributed by atoms with Crippen molar-refractivity contribution in [3.8, 4) is 16.9 Å². The number of nitrogen functional groups attached to an aromatic ring is 1. The molecule has 24 heavy (non-hydrogen) atoms. The highest BCUT2D eigenvalue weighted by atomic mass is 79.9. The van der Waals surface area contributed by atoms with Gasteiger partial charge in [0.2, 0.25) is 0 Å². The smallest absolute Gasteiger partial charge is 0.156 e. The Morgan fingerprint density at radius 1 is 0.833 bits per heavy atom. The summed E-state index contributed by atoms with van der Waals surface area (Å²) in [5.41, 5.74) is 10.4. The minimum atomic E-state index is 0.641. The van der Waals surface area contributed by atoms with Crippen LogP contribution in [0, 0.1) is 0 Å². The van der Waals surface area contributed by atoms with E-state index in [2.05, 4.69) is 58.4 Å². The lowest BCUT2D eigenvalue weighted by molar-refractivity contribution is 0.311. The monoisotopic (exact) mass is 381 g/mol. The van der Waals surface area contributed by atoms with Crippen molar-refractivity contribution in [1.82, 2.24) is 0 Å². The van der Waals surface area contributed by atoms with Crippen LogP contribution in [0.1, 0.15) is 12.0 Å². The summed E-state index contributed by atoms with van der Waals surface area (Å²) in [5.74, 6) is 0.725. The van der Waals surface area contributed by atoms with Gasteiger partial charge in [-0.1, -0.05) is 60.7 Å². The average molecular weight is 382 g/mol. The molecular formula is C21H20BrNO. The molecule has 2 nitrogen and oxygen atoms in total. The first-order chi connectivity index (χ1) is 11.7. The third kappa shape index (κ3) is 4.18. The molecule has 0 heterocycles. The zero-order valence-electron chi connectivity index (χ0n) is 13.4. The van der Waals surface area contributed by atoms with Crippen LogP contribution in [0.5, 0.6) is 5.75 Å². The SMILES string of the molecule is Nc1cc(-c2ccccc2)cc(Br)c1OCCCc1ccccc1. The minimum absolute atomic E-state index is 0.641. The van der Waals surface area contributed by atoms with E-state index in [4.69, 9.17) is 10.5 Å². The van der Waals surface area contributed by atoms with Gasteiger partial charge in [0.15, 0.2) is 5.75 Å². The molecule has 122 valence electrons. The minimum Gasteiger partial charge on any atom is -0.490 e. The van der Waals surface area contributed by atoms with Crippen molar-refractivity contribution in [3.05, 3.63) is 82.8 Å². The Morgan fingerprint density at radius 3 is 2.17 bits per heavy atom. The summed E-state index contributed by atoms with van der Waals surface area (Å²) in [4.78, 5) is 0. The largest absolute Gasteiger partial charge is 0.490 e. The second kappa shape index (κ2) is 8.02. The van der Waals surface area contributed by atoms with E-state index in [-0.39, 0.29) is 0 Å². The first-order valence-corrected chi connectivity index (χ1v) is 8.84. The number of rotatable bonds is 6. The lowest BCUT2D eigenvalue weighted by Crippen LogP contribution is -2.03. The molecular weight excluding hydrogens is 362 g/mol. The summed E-state index contributed by atoms with van der Waals surface area (Å²) < 4.78 is 6.80. The number of anilines is 1. The molecule has 0 unspecified atom stereocenters. The normalized spacial score (nSPS) is 10.5. The number of hydrogen-bond donors (Lipinski definition) is 1. The van der Waals surface area contributed by atoms with E-state index in [0.29, 0.717) is 12.3 Å². The number of nitrogens with two attached hydrogens (primary N) is 1. The van der Waals surface area contributed by atoms with E-state index >= 15 is 0 Å². The molecule has 3 aromatic rings. The number of halogens is 1. The molecule has 0 radical (unpaired) electrons.